The Bertz CT molecular complexity index is 359. The van der Waals surface area contributed by atoms with Crippen LogP contribution in [0.3, 0.4) is 0 Å². The van der Waals surface area contributed by atoms with Crippen LogP contribution in [0.15, 0.2) is 35.3 Å². The minimum atomic E-state index is 0.258. The first-order chi connectivity index (χ1) is 8.65. The van der Waals surface area contributed by atoms with Crippen molar-refractivity contribution in [2.45, 2.75) is 19.4 Å². The van der Waals surface area contributed by atoms with Gasteiger partial charge in [0, 0.05) is 6.54 Å². The molecule has 0 saturated heterocycles. The highest BCUT2D eigenvalue weighted by molar-refractivity contribution is 5.77. The fourth-order valence-corrected chi connectivity index (χ4v) is 1.74. The highest BCUT2D eigenvalue weighted by Crippen LogP contribution is 2.17. The molecule has 3 N–H and O–H groups in total. The summed E-state index contributed by atoms with van der Waals surface area (Å²) in [5.41, 5.74) is 7.07. The Kier molecular flexibility index (Phi) is 6.22. The molecule has 4 heteroatoms. The Balaban J connectivity index is 2.65. The van der Waals surface area contributed by atoms with Gasteiger partial charge in [-0.15, -0.1) is 0 Å². The summed E-state index contributed by atoms with van der Waals surface area (Å²) in [5.74, 6) is 0.527. The third kappa shape index (κ3) is 4.75. The fraction of sp³-hybridized carbons (Fsp3) is 0.500. The van der Waals surface area contributed by atoms with Crippen LogP contribution in [0.2, 0.25) is 0 Å². The number of rotatable bonds is 6. The maximum Gasteiger partial charge on any atom is 0.188 e. The molecule has 1 rings (SSSR count). The molecule has 0 saturated carbocycles. The summed E-state index contributed by atoms with van der Waals surface area (Å²) in [4.78, 5) is 6.56. The number of nitrogens with zero attached hydrogens (tertiary/aromatic N) is 2. The molecule has 18 heavy (non-hydrogen) atoms. The van der Waals surface area contributed by atoms with Crippen molar-refractivity contribution in [2.75, 3.05) is 27.2 Å². The van der Waals surface area contributed by atoms with E-state index in [4.69, 9.17) is 5.73 Å². The van der Waals surface area contributed by atoms with E-state index in [0.717, 1.165) is 13.0 Å². The number of nitrogens with two attached hydrogens (primary N) is 1. The van der Waals surface area contributed by atoms with Crippen molar-refractivity contribution >= 4 is 5.96 Å². The predicted octanol–water partition coefficient (Wildman–Crippen LogP) is 1.60. The number of aliphatic imine (C=N–C) groups is 1. The SMILES string of the molecule is CCCNC(N)=NCC(c1ccccc1)N(C)C. The van der Waals surface area contributed by atoms with Crippen molar-refractivity contribution < 1.29 is 0 Å². The number of guanidine groups is 1. The third-order valence-electron chi connectivity index (χ3n) is 2.80. The molecule has 1 aromatic carbocycles. The van der Waals surface area contributed by atoms with Crippen LogP contribution in [-0.4, -0.2) is 38.0 Å². The van der Waals surface area contributed by atoms with Gasteiger partial charge in [-0.2, -0.15) is 0 Å². The van der Waals surface area contributed by atoms with Crippen molar-refractivity contribution in [3.8, 4) is 0 Å². The molecule has 0 aromatic heterocycles. The first-order valence-corrected chi connectivity index (χ1v) is 6.40. The van der Waals surface area contributed by atoms with Crippen LogP contribution in [0.5, 0.6) is 0 Å². The molecular formula is C14H24N4. The molecule has 4 nitrogen and oxygen atoms in total. The van der Waals surface area contributed by atoms with Crippen LogP contribution in [0.25, 0.3) is 0 Å². The van der Waals surface area contributed by atoms with E-state index in [0.29, 0.717) is 12.5 Å². The molecule has 0 aliphatic carbocycles. The molecule has 0 heterocycles. The maximum absolute atomic E-state index is 5.81. The lowest BCUT2D eigenvalue weighted by molar-refractivity contribution is 0.306. The lowest BCUT2D eigenvalue weighted by Crippen LogP contribution is -2.33. The van der Waals surface area contributed by atoms with Gasteiger partial charge in [-0.05, 0) is 26.1 Å². The van der Waals surface area contributed by atoms with Gasteiger partial charge in [-0.25, -0.2) is 0 Å². The van der Waals surface area contributed by atoms with Gasteiger partial charge >= 0.3 is 0 Å². The Morgan fingerprint density at radius 3 is 2.56 bits per heavy atom. The molecule has 1 unspecified atom stereocenters. The lowest BCUT2D eigenvalue weighted by atomic mass is 10.1. The summed E-state index contributed by atoms with van der Waals surface area (Å²) in [5, 5.41) is 3.09. The Morgan fingerprint density at radius 2 is 2.00 bits per heavy atom. The zero-order valence-corrected chi connectivity index (χ0v) is 11.6. The molecule has 0 bridgehead atoms. The molecule has 0 radical (unpaired) electrons. The number of hydrogen-bond donors (Lipinski definition) is 2. The van der Waals surface area contributed by atoms with Gasteiger partial charge < -0.3 is 16.0 Å². The maximum atomic E-state index is 5.81. The summed E-state index contributed by atoms with van der Waals surface area (Å²) < 4.78 is 0. The van der Waals surface area contributed by atoms with Crippen LogP contribution in [-0.2, 0) is 0 Å². The van der Waals surface area contributed by atoms with Crippen LogP contribution in [0.4, 0.5) is 0 Å². The second-order valence-electron chi connectivity index (χ2n) is 4.54. The molecule has 1 aromatic rings. The van der Waals surface area contributed by atoms with Gasteiger partial charge in [0.2, 0.25) is 0 Å². The molecule has 0 aliphatic heterocycles. The fourth-order valence-electron chi connectivity index (χ4n) is 1.74. The molecule has 100 valence electrons. The van der Waals surface area contributed by atoms with E-state index in [1.807, 2.05) is 18.2 Å². The van der Waals surface area contributed by atoms with E-state index < -0.39 is 0 Å². The van der Waals surface area contributed by atoms with E-state index in [-0.39, 0.29) is 6.04 Å². The summed E-state index contributed by atoms with van der Waals surface area (Å²) in [6.07, 6.45) is 1.05. The number of hydrogen-bond acceptors (Lipinski definition) is 2. The van der Waals surface area contributed by atoms with E-state index in [1.165, 1.54) is 5.56 Å². The zero-order chi connectivity index (χ0) is 13.4. The highest BCUT2D eigenvalue weighted by atomic mass is 15.1. The second kappa shape index (κ2) is 7.71. The van der Waals surface area contributed by atoms with E-state index >= 15 is 0 Å². The van der Waals surface area contributed by atoms with E-state index in [9.17, 15) is 0 Å². The Labute approximate surface area is 110 Å². The quantitative estimate of drug-likeness (QED) is 0.594. The highest BCUT2D eigenvalue weighted by Gasteiger charge is 2.12. The smallest absolute Gasteiger partial charge is 0.188 e. The van der Waals surface area contributed by atoms with Crippen LogP contribution in [0.1, 0.15) is 24.9 Å². The van der Waals surface area contributed by atoms with Crippen molar-refractivity contribution in [3.05, 3.63) is 35.9 Å². The first-order valence-electron chi connectivity index (χ1n) is 6.40. The predicted molar refractivity (Wildman–Crippen MR) is 77.7 cm³/mol. The summed E-state index contributed by atoms with van der Waals surface area (Å²) in [6, 6.07) is 10.6. The van der Waals surface area contributed by atoms with E-state index in [1.54, 1.807) is 0 Å². The first kappa shape index (κ1) is 14.5. The van der Waals surface area contributed by atoms with Crippen LogP contribution < -0.4 is 11.1 Å². The number of likely N-dealkylation sites (N-methyl/N-ethyl adjacent to an activating group) is 1. The minimum absolute atomic E-state index is 0.258. The van der Waals surface area contributed by atoms with Crippen LogP contribution in [0, 0.1) is 0 Å². The lowest BCUT2D eigenvalue weighted by Gasteiger charge is -2.23. The second-order valence-corrected chi connectivity index (χ2v) is 4.54. The van der Waals surface area contributed by atoms with Gasteiger partial charge in [0.15, 0.2) is 5.96 Å². The topological polar surface area (TPSA) is 53.6 Å². The summed E-state index contributed by atoms with van der Waals surface area (Å²) in [7, 11) is 4.12. The van der Waals surface area contributed by atoms with Crippen molar-refractivity contribution in [1.29, 1.82) is 0 Å². The molecule has 0 spiro atoms. The number of nitrogens with one attached hydrogen (secondary N) is 1. The normalized spacial score (nSPS) is 13.7. The van der Waals surface area contributed by atoms with Gasteiger partial charge in [-0.1, -0.05) is 37.3 Å². The van der Waals surface area contributed by atoms with Gasteiger partial charge in [-0.3, -0.25) is 4.99 Å². The summed E-state index contributed by atoms with van der Waals surface area (Å²) in [6.45, 7) is 3.64. The van der Waals surface area contributed by atoms with Gasteiger partial charge in [0.05, 0.1) is 12.6 Å². The van der Waals surface area contributed by atoms with Crippen molar-refractivity contribution in [2.24, 2.45) is 10.7 Å². The van der Waals surface area contributed by atoms with E-state index in [2.05, 4.69) is 48.4 Å². The molecule has 1 atom stereocenters. The molecule has 0 fully saturated rings. The molecule has 0 amide bonds. The monoisotopic (exact) mass is 248 g/mol. The molecular weight excluding hydrogens is 224 g/mol. The van der Waals surface area contributed by atoms with Gasteiger partial charge in [0.25, 0.3) is 0 Å². The Morgan fingerprint density at radius 1 is 1.33 bits per heavy atom. The standard InChI is InChI=1S/C14H24N4/c1-4-10-16-14(15)17-11-13(18(2)3)12-8-6-5-7-9-12/h5-9,13H,4,10-11H2,1-3H3,(H3,15,16,17). The average molecular weight is 248 g/mol. The molecule has 0 aliphatic rings. The zero-order valence-electron chi connectivity index (χ0n) is 11.6. The average Bonchev–Trinajstić information content (AvgIpc) is 2.37. The van der Waals surface area contributed by atoms with Gasteiger partial charge in [0.1, 0.15) is 0 Å². The largest absolute Gasteiger partial charge is 0.370 e. The number of benzene rings is 1. The summed E-state index contributed by atoms with van der Waals surface area (Å²) >= 11 is 0. The van der Waals surface area contributed by atoms with Crippen LogP contribution >= 0.6 is 0 Å². The van der Waals surface area contributed by atoms with Crippen molar-refractivity contribution in [1.82, 2.24) is 10.2 Å². The van der Waals surface area contributed by atoms with Crippen molar-refractivity contribution in [3.63, 3.8) is 0 Å². The third-order valence-corrected chi connectivity index (χ3v) is 2.80. The minimum Gasteiger partial charge on any atom is -0.370 e. The Hall–Kier alpha value is -1.55.